The van der Waals surface area contributed by atoms with E-state index >= 15 is 0 Å². The molecule has 1 aliphatic rings. The van der Waals surface area contributed by atoms with E-state index in [9.17, 15) is 13.7 Å². The first-order valence-corrected chi connectivity index (χ1v) is 11.8. The van der Waals surface area contributed by atoms with Gasteiger partial charge in [0.1, 0.15) is 0 Å². The van der Waals surface area contributed by atoms with Gasteiger partial charge in [0.25, 0.3) is 0 Å². The van der Waals surface area contributed by atoms with Gasteiger partial charge in [0, 0.05) is 50.5 Å². The number of nitriles is 1. The van der Waals surface area contributed by atoms with Gasteiger partial charge >= 0.3 is 0 Å². The lowest BCUT2D eigenvalue weighted by Crippen LogP contribution is -2.45. The number of aryl methyl sites for hydroxylation is 1. The minimum Gasteiger partial charge on any atom is -0.364 e. The lowest BCUT2D eigenvalue weighted by atomic mass is 10.1. The topological polar surface area (TPSA) is 95.1 Å². The van der Waals surface area contributed by atoms with Crippen molar-refractivity contribution in [2.24, 2.45) is 7.05 Å². The van der Waals surface area contributed by atoms with Crippen LogP contribution in [0.3, 0.4) is 0 Å². The number of benzene rings is 1. The van der Waals surface area contributed by atoms with Crippen molar-refractivity contribution >= 4 is 52.9 Å². The summed E-state index contributed by atoms with van der Waals surface area (Å²) in [6.07, 6.45) is 8.84. The molecule has 1 aliphatic heterocycles. The predicted octanol–water partition coefficient (Wildman–Crippen LogP) is 3.35. The van der Waals surface area contributed by atoms with Crippen molar-refractivity contribution in [3.8, 4) is 6.07 Å². The lowest BCUT2D eigenvalue weighted by molar-refractivity contribution is 0.320. The first kappa shape index (κ1) is 29.7. The molecule has 0 amide bonds. The second-order valence-electron chi connectivity index (χ2n) is 7.86. The first-order valence-electron chi connectivity index (χ1n) is 9.94. The molecule has 8 nitrogen and oxygen atoms in total. The number of pyridine rings is 1. The Hall–Kier alpha value is -2.35. The highest BCUT2D eigenvalue weighted by Gasteiger charge is 2.33. The smallest absolute Gasteiger partial charge is 0.211 e. The van der Waals surface area contributed by atoms with Gasteiger partial charge < -0.3 is 9.47 Å². The molecule has 4 rings (SSSR count). The van der Waals surface area contributed by atoms with Crippen LogP contribution in [-0.2, 0) is 36.6 Å². The van der Waals surface area contributed by atoms with E-state index < -0.39 is 10.0 Å². The maximum Gasteiger partial charge on any atom is 0.211 e. The third kappa shape index (κ3) is 6.62. The van der Waals surface area contributed by atoms with Crippen molar-refractivity contribution in [3.05, 3.63) is 77.6 Å². The van der Waals surface area contributed by atoms with Gasteiger partial charge in [0.15, 0.2) is 0 Å². The molecule has 1 atom stereocenters. The van der Waals surface area contributed by atoms with Crippen LogP contribution in [0, 0.1) is 11.3 Å². The highest BCUT2D eigenvalue weighted by atomic mass is 35.5. The summed E-state index contributed by atoms with van der Waals surface area (Å²) < 4.78 is 29.1. The molecule has 184 valence electrons. The summed E-state index contributed by atoms with van der Waals surface area (Å²) >= 11 is 0. The number of sulfonamides is 1. The molecule has 0 N–H and O–H groups in total. The van der Waals surface area contributed by atoms with Crippen LogP contribution in [0.15, 0.2) is 55.2 Å². The molecular weight excluding hydrogens is 519 g/mol. The Labute approximate surface area is 218 Å². The predicted molar refractivity (Wildman–Crippen MR) is 139 cm³/mol. The molecule has 0 aliphatic carbocycles. The van der Waals surface area contributed by atoms with Crippen LogP contribution in [0.2, 0.25) is 0 Å². The molecule has 0 fully saturated rings. The van der Waals surface area contributed by atoms with Gasteiger partial charge in [-0.05, 0) is 41.8 Å². The number of rotatable bonds is 5. The van der Waals surface area contributed by atoms with E-state index in [2.05, 4.69) is 20.9 Å². The highest BCUT2D eigenvalue weighted by Crippen LogP contribution is 2.31. The zero-order valence-corrected chi connectivity index (χ0v) is 22.0. The van der Waals surface area contributed by atoms with Crippen molar-refractivity contribution in [3.63, 3.8) is 0 Å². The third-order valence-corrected chi connectivity index (χ3v) is 6.88. The van der Waals surface area contributed by atoms with Crippen LogP contribution >= 0.6 is 37.2 Å². The molecule has 12 heteroatoms. The molecule has 3 aromatic rings. The number of nitrogens with zero attached hydrogens (tertiary/aromatic N) is 6. The first-order chi connectivity index (χ1) is 14.8. The van der Waals surface area contributed by atoms with Gasteiger partial charge in [-0.25, -0.2) is 13.4 Å². The van der Waals surface area contributed by atoms with Crippen LogP contribution in [0.25, 0.3) is 0 Å². The van der Waals surface area contributed by atoms with Gasteiger partial charge in [0.2, 0.25) is 10.0 Å². The molecule has 0 spiro atoms. The number of halogens is 3. The van der Waals surface area contributed by atoms with E-state index in [-0.39, 0.29) is 49.8 Å². The molecule has 34 heavy (non-hydrogen) atoms. The van der Waals surface area contributed by atoms with Gasteiger partial charge in [-0.1, -0.05) is 6.07 Å². The Morgan fingerprint density at radius 3 is 2.50 bits per heavy atom. The molecule has 0 unspecified atom stereocenters. The standard InChI is InChI=1S/C22H24N6O2S.3ClH/c1-26-16-25-12-21(26)15-27-14-20(9-18-4-3-7-24-11-18)28(31(2,29)30)13-19-8-17(10-23)5-6-22(19)27;;;/h3-8,11-12,16,20H,9,13-15H2,1-2H3;3*1H/t20-;;;/m1.../s1. The van der Waals surface area contributed by atoms with Crippen molar-refractivity contribution in [1.29, 1.82) is 5.26 Å². The van der Waals surface area contributed by atoms with Crippen molar-refractivity contribution in [2.75, 3.05) is 17.7 Å². The molecule has 2 aromatic heterocycles. The van der Waals surface area contributed by atoms with Crippen molar-refractivity contribution < 1.29 is 8.42 Å². The number of aromatic nitrogens is 3. The maximum atomic E-state index is 12.8. The molecule has 0 bridgehead atoms. The lowest BCUT2D eigenvalue weighted by Gasteiger charge is -2.31. The van der Waals surface area contributed by atoms with E-state index in [1.807, 2.05) is 36.0 Å². The van der Waals surface area contributed by atoms with Crippen LogP contribution in [0.5, 0.6) is 0 Å². The van der Waals surface area contributed by atoms with Crippen LogP contribution in [0.1, 0.15) is 22.4 Å². The Bertz CT molecular complexity index is 1230. The Balaban J connectivity index is 0.00000193. The average molecular weight is 546 g/mol. The minimum absolute atomic E-state index is 0. The van der Waals surface area contributed by atoms with Crippen molar-refractivity contribution in [1.82, 2.24) is 18.8 Å². The van der Waals surface area contributed by atoms with Gasteiger partial charge in [-0.2, -0.15) is 9.57 Å². The molecule has 0 saturated carbocycles. The monoisotopic (exact) mass is 544 g/mol. The summed E-state index contributed by atoms with van der Waals surface area (Å²) in [5.74, 6) is 0. The second kappa shape index (κ2) is 12.4. The van der Waals surface area contributed by atoms with Crippen LogP contribution in [-0.4, -0.2) is 46.1 Å². The van der Waals surface area contributed by atoms with Crippen LogP contribution < -0.4 is 4.90 Å². The zero-order chi connectivity index (χ0) is 22.0. The summed E-state index contributed by atoms with van der Waals surface area (Å²) in [5, 5.41) is 9.38. The number of fused-ring (bicyclic) bond motifs is 1. The molecule has 0 radical (unpaired) electrons. The fourth-order valence-corrected chi connectivity index (χ4v) is 5.11. The van der Waals surface area contributed by atoms with Crippen LogP contribution in [0.4, 0.5) is 5.69 Å². The summed E-state index contributed by atoms with van der Waals surface area (Å²) in [5.41, 5.74) is 4.26. The van der Waals surface area contributed by atoms with E-state index in [4.69, 9.17) is 0 Å². The summed E-state index contributed by atoms with van der Waals surface area (Å²) in [6.45, 7) is 1.30. The SMILES string of the molecule is Cl.Cl.Cl.Cn1cncc1CN1C[C@@H](Cc2cccnc2)N(S(C)(=O)=O)Cc2cc(C#N)ccc21. The van der Waals surface area contributed by atoms with E-state index in [0.29, 0.717) is 25.1 Å². The summed E-state index contributed by atoms with van der Waals surface area (Å²) in [6, 6.07) is 11.2. The number of hydrogen-bond acceptors (Lipinski definition) is 6. The maximum absolute atomic E-state index is 12.8. The Morgan fingerprint density at radius 2 is 1.91 bits per heavy atom. The fourth-order valence-electron chi connectivity index (χ4n) is 4.06. The number of hydrogen-bond donors (Lipinski definition) is 0. The minimum atomic E-state index is -3.49. The quantitative estimate of drug-likeness (QED) is 0.488. The zero-order valence-electron chi connectivity index (χ0n) is 18.7. The largest absolute Gasteiger partial charge is 0.364 e. The average Bonchev–Trinajstić information content (AvgIpc) is 3.07. The van der Waals surface area contributed by atoms with E-state index in [0.717, 1.165) is 22.5 Å². The van der Waals surface area contributed by atoms with Gasteiger partial charge in [-0.15, -0.1) is 37.2 Å². The van der Waals surface area contributed by atoms with Gasteiger partial charge in [0.05, 0.1) is 36.5 Å². The van der Waals surface area contributed by atoms with Crippen molar-refractivity contribution in [2.45, 2.75) is 25.6 Å². The fraction of sp³-hybridized carbons (Fsp3) is 0.318. The third-order valence-electron chi connectivity index (χ3n) is 5.60. The molecular formula is C22H27Cl3N6O2S. The Kier molecular flexibility index (Phi) is 10.8. The second-order valence-corrected chi connectivity index (χ2v) is 9.79. The molecule has 0 saturated heterocycles. The highest BCUT2D eigenvalue weighted by molar-refractivity contribution is 7.88. The van der Waals surface area contributed by atoms with E-state index in [1.165, 1.54) is 6.26 Å². The van der Waals surface area contributed by atoms with E-state index in [1.54, 1.807) is 35.2 Å². The number of anilines is 1. The normalized spacial score (nSPS) is 15.6. The molecule has 3 heterocycles. The Morgan fingerprint density at radius 1 is 1.15 bits per heavy atom. The molecule has 1 aromatic carbocycles. The summed E-state index contributed by atoms with van der Waals surface area (Å²) in [7, 11) is -1.55. The van der Waals surface area contributed by atoms with Gasteiger partial charge in [-0.3, -0.25) is 4.98 Å². The number of imidazole rings is 1. The summed E-state index contributed by atoms with van der Waals surface area (Å²) in [4.78, 5) is 10.6.